The molecular formula is C13H21N3O2S2. The molecule has 0 aliphatic carbocycles. The number of hydrogen-bond donors (Lipinski definition) is 1. The van der Waals surface area contributed by atoms with Crippen LogP contribution in [-0.2, 0) is 4.74 Å². The normalized spacial score (nSPS) is 30.8. The van der Waals surface area contributed by atoms with Crippen molar-refractivity contribution in [1.82, 2.24) is 15.5 Å². The number of nitrogens with zero attached hydrogens (tertiary/aromatic N) is 2. The van der Waals surface area contributed by atoms with E-state index in [2.05, 4.69) is 22.4 Å². The van der Waals surface area contributed by atoms with Gasteiger partial charge in [-0.05, 0) is 13.0 Å². The van der Waals surface area contributed by atoms with Crippen LogP contribution in [0.5, 0.6) is 0 Å². The first-order chi connectivity index (χ1) is 9.88. The monoisotopic (exact) mass is 315 g/mol. The molecule has 0 aromatic carbocycles. The number of hydrogen-bond acceptors (Lipinski definition) is 7. The lowest BCUT2D eigenvalue weighted by Crippen LogP contribution is -2.34. The van der Waals surface area contributed by atoms with E-state index in [1.54, 1.807) is 0 Å². The van der Waals surface area contributed by atoms with Crippen LogP contribution in [-0.4, -0.2) is 52.3 Å². The molecular weight excluding hydrogens is 294 g/mol. The minimum Gasteiger partial charge on any atom is -0.368 e. The van der Waals surface area contributed by atoms with E-state index in [4.69, 9.17) is 9.26 Å². The molecule has 3 atom stereocenters. The van der Waals surface area contributed by atoms with Crippen LogP contribution in [0.2, 0.25) is 0 Å². The molecule has 0 radical (unpaired) electrons. The molecule has 0 spiro atoms. The van der Waals surface area contributed by atoms with Crippen LogP contribution in [0.15, 0.2) is 4.52 Å². The molecule has 7 heteroatoms. The van der Waals surface area contributed by atoms with Crippen molar-refractivity contribution in [3.63, 3.8) is 0 Å². The summed E-state index contributed by atoms with van der Waals surface area (Å²) in [6, 6.07) is 0.454. The fraction of sp³-hybridized carbons (Fsp3) is 0.846. The third kappa shape index (κ3) is 3.32. The summed E-state index contributed by atoms with van der Waals surface area (Å²) in [6.45, 7) is 4.01. The summed E-state index contributed by atoms with van der Waals surface area (Å²) in [4.78, 5) is 4.60. The van der Waals surface area contributed by atoms with Crippen LogP contribution in [0.1, 0.15) is 37.1 Å². The Bertz CT molecular complexity index is 424. The van der Waals surface area contributed by atoms with E-state index in [0.717, 1.165) is 54.3 Å². The van der Waals surface area contributed by atoms with Crippen LogP contribution in [0.4, 0.5) is 0 Å². The van der Waals surface area contributed by atoms with Crippen molar-refractivity contribution in [2.24, 2.45) is 0 Å². The van der Waals surface area contributed by atoms with Crippen molar-refractivity contribution in [1.29, 1.82) is 0 Å². The Morgan fingerprint density at radius 3 is 3.05 bits per heavy atom. The average molecular weight is 315 g/mol. The Labute approximate surface area is 128 Å². The van der Waals surface area contributed by atoms with Crippen molar-refractivity contribution in [2.75, 3.05) is 36.2 Å². The van der Waals surface area contributed by atoms with Crippen molar-refractivity contribution in [3.05, 3.63) is 11.7 Å². The lowest BCUT2D eigenvalue weighted by atomic mass is 10.0. The highest BCUT2D eigenvalue weighted by molar-refractivity contribution is 7.99. The van der Waals surface area contributed by atoms with Crippen molar-refractivity contribution >= 4 is 23.5 Å². The summed E-state index contributed by atoms with van der Waals surface area (Å²) >= 11 is 3.84. The number of aromatic nitrogens is 2. The SMILES string of the molecule is CCCNC1CSCC1c1nc(C2CSCCO2)no1. The molecule has 0 bridgehead atoms. The molecule has 0 saturated carbocycles. The summed E-state index contributed by atoms with van der Waals surface area (Å²) in [5, 5.41) is 7.72. The topological polar surface area (TPSA) is 60.2 Å². The molecule has 1 aromatic rings. The lowest BCUT2D eigenvalue weighted by molar-refractivity contribution is 0.0677. The Balaban J connectivity index is 1.65. The van der Waals surface area contributed by atoms with Gasteiger partial charge in [-0.25, -0.2) is 0 Å². The second-order valence-corrected chi connectivity index (χ2v) is 7.35. The van der Waals surface area contributed by atoms with Gasteiger partial charge in [-0.15, -0.1) is 0 Å². The molecule has 3 heterocycles. The quantitative estimate of drug-likeness (QED) is 0.892. The lowest BCUT2D eigenvalue weighted by Gasteiger charge is -2.19. The summed E-state index contributed by atoms with van der Waals surface area (Å²) in [6.07, 6.45) is 1.15. The van der Waals surface area contributed by atoms with Crippen molar-refractivity contribution < 1.29 is 9.26 Å². The van der Waals surface area contributed by atoms with Gasteiger partial charge < -0.3 is 14.6 Å². The van der Waals surface area contributed by atoms with Crippen molar-refractivity contribution in [2.45, 2.75) is 31.4 Å². The van der Waals surface area contributed by atoms with Gasteiger partial charge in [0, 0.05) is 29.1 Å². The molecule has 1 N–H and O–H groups in total. The van der Waals surface area contributed by atoms with E-state index >= 15 is 0 Å². The van der Waals surface area contributed by atoms with E-state index in [1.807, 2.05) is 23.5 Å². The third-order valence-electron chi connectivity index (χ3n) is 3.62. The maximum atomic E-state index is 5.71. The summed E-state index contributed by atoms with van der Waals surface area (Å²) in [5.41, 5.74) is 0. The molecule has 112 valence electrons. The average Bonchev–Trinajstić information content (AvgIpc) is 3.14. The molecule has 2 saturated heterocycles. The molecule has 5 nitrogen and oxygen atoms in total. The molecule has 1 aromatic heterocycles. The van der Waals surface area contributed by atoms with Gasteiger partial charge in [0.05, 0.1) is 12.5 Å². The van der Waals surface area contributed by atoms with Crippen LogP contribution in [0.25, 0.3) is 0 Å². The Morgan fingerprint density at radius 2 is 2.25 bits per heavy atom. The van der Waals surface area contributed by atoms with Gasteiger partial charge in [-0.3, -0.25) is 0 Å². The van der Waals surface area contributed by atoms with Crippen LogP contribution >= 0.6 is 23.5 Å². The second-order valence-electron chi connectivity index (χ2n) is 5.13. The second kappa shape index (κ2) is 7.15. The molecule has 3 unspecified atom stereocenters. The smallest absolute Gasteiger partial charge is 0.232 e. The van der Waals surface area contributed by atoms with Gasteiger partial charge in [0.25, 0.3) is 0 Å². The van der Waals surface area contributed by atoms with E-state index in [9.17, 15) is 0 Å². The Hall–Kier alpha value is -0.240. The maximum Gasteiger partial charge on any atom is 0.232 e. The predicted molar refractivity (Wildman–Crippen MR) is 82.5 cm³/mol. The number of rotatable bonds is 5. The van der Waals surface area contributed by atoms with Crippen LogP contribution in [0.3, 0.4) is 0 Å². The molecule has 20 heavy (non-hydrogen) atoms. The molecule has 2 aliphatic heterocycles. The highest BCUT2D eigenvalue weighted by Gasteiger charge is 2.34. The zero-order chi connectivity index (χ0) is 13.8. The fourth-order valence-electron chi connectivity index (χ4n) is 2.49. The zero-order valence-electron chi connectivity index (χ0n) is 11.7. The maximum absolute atomic E-state index is 5.71. The van der Waals surface area contributed by atoms with Gasteiger partial charge in [0.15, 0.2) is 0 Å². The molecule has 2 aliphatic rings. The van der Waals surface area contributed by atoms with Crippen LogP contribution in [0, 0.1) is 0 Å². The first-order valence-electron chi connectivity index (χ1n) is 7.22. The predicted octanol–water partition coefficient (Wildman–Crippen LogP) is 2.07. The largest absolute Gasteiger partial charge is 0.368 e. The Kier molecular flexibility index (Phi) is 5.25. The third-order valence-corrected chi connectivity index (χ3v) is 5.80. The standard InChI is InChI=1S/C13H21N3O2S2/c1-2-3-14-10-7-20-6-9(10)13-15-12(16-18-13)11-8-19-5-4-17-11/h9-11,14H,2-8H2,1H3. The first kappa shape index (κ1) is 14.7. The van der Waals surface area contributed by atoms with E-state index in [0.29, 0.717) is 12.0 Å². The summed E-state index contributed by atoms with van der Waals surface area (Å²) < 4.78 is 11.2. The molecule has 2 fully saturated rings. The fourth-order valence-corrected chi connectivity index (χ4v) is 4.70. The summed E-state index contributed by atoms with van der Waals surface area (Å²) in [5.74, 6) is 6.00. The van der Waals surface area contributed by atoms with Gasteiger partial charge in [0.2, 0.25) is 11.7 Å². The molecule has 0 amide bonds. The zero-order valence-corrected chi connectivity index (χ0v) is 13.3. The molecule has 3 rings (SSSR count). The minimum atomic E-state index is 0.00218. The summed E-state index contributed by atoms with van der Waals surface area (Å²) in [7, 11) is 0. The number of thioether (sulfide) groups is 2. The van der Waals surface area contributed by atoms with Gasteiger partial charge in [-0.1, -0.05) is 12.1 Å². The highest BCUT2D eigenvalue weighted by atomic mass is 32.2. The van der Waals surface area contributed by atoms with Gasteiger partial charge in [-0.2, -0.15) is 28.5 Å². The highest BCUT2D eigenvalue weighted by Crippen LogP contribution is 2.33. The number of nitrogens with one attached hydrogen (secondary N) is 1. The van der Waals surface area contributed by atoms with Crippen molar-refractivity contribution in [3.8, 4) is 0 Å². The van der Waals surface area contributed by atoms with E-state index < -0.39 is 0 Å². The van der Waals surface area contributed by atoms with E-state index in [1.165, 1.54) is 0 Å². The van der Waals surface area contributed by atoms with Crippen LogP contribution < -0.4 is 5.32 Å². The minimum absolute atomic E-state index is 0.00218. The van der Waals surface area contributed by atoms with Gasteiger partial charge >= 0.3 is 0 Å². The van der Waals surface area contributed by atoms with E-state index in [-0.39, 0.29) is 6.10 Å². The first-order valence-corrected chi connectivity index (χ1v) is 9.53. The van der Waals surface area contributed by atoms with Gasteiger partial charge in [0.1, 0.15) is 6.10 Å². The number of ether oxygens (including phenoxy) is 1. The Morgan fingerprint density at radius 1 is 1.30 bits per heavy atom.